The summed E-state index contributed by atoms with van der Waals surface area (Å²) < 4.78 is 5.46. The third-order valence-electron chi connectivity index (χ3n) is 5.70. The summed E-state index contributed by atoms with van der Waals surface area (Å²) in [6.07, 6.45) is 3.02. The molecule has 2 aromatic rings. The molecule has 1 heterocycles. The molecule has 4 rings (SSSR count). The van der Waals surface area contributed by atoms with Gasteiger partial charge in [0.05, 0.1) is 24.5 Å². The van der Waals surface area contributed by atoms with Gasteiger partial charge in [-0.1, -0.05) is 30.2 Å². The number of nitrogens with one attached hydrogen (secondary N) is 2. The smallest absolute Gasteiger partial charge is 0.253 e. The molecule has 30 heavy (non-hydrogen) atoms. The molecular weight excluding hydrogens is 402 g/mol. The Hall–Kier alpha value is -2.57. The first-order valence-electron chi connectivity index (χ1n) is 10.4. The van der Waals surface area contributed by atoms with Crippen molar-refractivity contribution in [1.29, 1.82) is 0 Å². The Kier molecular flexibility index (Phi) is 6.55. The lowest BCUT2D eigenvalue weighted by Crippen LogP contribution is -2.38. The highest BCUT2D eigenvalue weighted by Crippen LogP contribution is 2.30. The summed E-state index contributed by atoms with van der Waals surface area (Å²) in [5.41, 5.74) is 3.11. The maximum absolute atomic E-state index is 13.0. The van der Waals surface area contributed by atoms with E-state index in [0.29, 0.717) is 43.4 Å². The first-order chi connectivity index (χ1) is 14.6. The number of morpholine rings is 1. The Morgan fingerprint density at radius 1 is 1.07 bits per heavy atom. The lowest BCUT2D eigenvalue weighted by molar-refractivity contribution is -0.122. The van der Waals surface area contributed by atoms with E-state index in [-0.39, 0.29) is 17.7 Å². The Morgan fingerprint density at radius 2 is 1.80 bits per heavy atom. The van der Waals surface area contributed by atoms with Gasteiger partial charge < -0.3 is 20.3 Å². The number of rotatable bonds is 6. The summed E-state index contributed by atoms with van der Waals surface area (Å²) >= 11 is 5.93. The maximum Gasteiger partial charge on any atom is 0.253 e. The summed E-state index contributed by atoms with van der Waals surface area (Å²) in [6, 6.07) is 12.9. The number of hydrogen-bond acceptors (Lipinski definition) is 4. The minimum Gasteiger partial charge on any atom is -0.378 e. The third kappa shape index (κ3) is 4.94. The van der Waals surface area contributed by atoms with Crippen molar-refractivity contribution in [2.24, 2.45) is 5.92 Å². The van der Waals surface area contributed by atoms with Gasteiger partial charge in [-0.2, -0.15) is 0 Å². The Bertz CT molecular complexity index is 906. The van der Waals surface area contributed by atoms with Gasteiger partial charge in [0.2, 0.25) is 5.91 Å². The SMILES string of the molecule is O=C(NCc1ccc(Cl)cc1)c1ccc(NC(=O)C2CCC2)cc1N1CCOCC1. The maximum atomic E-state index is 13.0. The highest BCUT2D eigenvalue weighted by Gasteiger charge is 2.26. The van der Waals surface area contributed by atoms with Crippen LogP contribution in [0, 0.1) is 5.92 Å². The predicted molar refractivity (Wildman–Crippen MR) is 118 cm³/mol. The van der Waals surface area contributed by atoms with E-state index < -0.39 is 0 Å². The molecule has 2 fully saturated rings. The standard InChI is InChI=1S/C23H26ClN3O3/c24-18-6-4-16(5-7-18)15-25-23(29)20-9-8-19(26-22(28)17-2-1-3-17)14-21(20)27-10-12-30-13-11-27/h4-9,14,17H,1-3,10-13,15H2,(H,25,29)(H,26,28). The van der Waals surface area contributed by atoms with Gasteiger partial charge in [0.15, 0.2) is 0 Å². The zero-order valence-corrected chi connectivity index (χ0v) is 17.6. The van der Waals surface area contributed by atoms with Gasteiger partial charge in [-0.15, -0.1) is 0 Å². The van der Waals surface area contributed by atoms with Crippen molar-refractivity contribution in [2.75, 3.05) is 36.5 Å². The van der Waals surface area contributed by atoms with Gasteiger partial charge in [-0.3, -0.25) is 9.59 Å². The van der Waals surface area contributed by atoms with E-state index in [1.807, 2.05) is 30.3 Å². The number of halogens is 1. The largest absolute Gasteiger partial charge is 0.378 e. The van der Waals surface area contributed by atoms with Gasteiger partial charge in [0.25, 0.3) is 5.91 Å². The molecule has 2 amide bonds. The topological polar surface area (TPSA) is 70.7 Å². The first-order valence-corrected chi connectivity index (χ1v) is 10.8. The number of ether oxygens (including phenoxy) is 1. The van der Waals surface area contributed by atoms with Crippen molar-refractivity contribution >= 4 is 34.8 Å². The van der Waals surface area contributed by atoms with Gasteiger partial charge in [0, 0.05) is 36.3 Å². The average molecular weight is 428 g/mol. The normalized spacial score (nSPS) is 16.6. The number of anilines is 2. The van der Waals surface area contributed by atoms with Gasteiger partial charge >= 0.3 is 0 Å². The van der Waals surface area contributed by atoms with E-state index in [9.17, 15) is 9.59 Å². The zero-order valence-electron chi connectivity index (χ0n) is 16.8. The second-order valence-corrected chi connectivity index (χ2v) is 8.19. The second-order valence-electron chi connectivity index (χ2n) is 7.76. The first kappa shape index (κ1) is 20.7. The molecule has 6 nitrogen and oxygen atoms in total. The number of carbonyl (C=O) groups is 2. The minimum absolute atomic E-state index is 0.0640. The molecule has 1 saturated heterocycles. The monoisotopic (exact) mass is 427 g/mol. The number of nitrogens with zero attached hydrogens (tertiary/aromatic N) is 1. The van der Waals surface area contributed by atoms with Crippen LogP contribution in [0.25, 0.3) is 0 Å². The molecular formula is C23H26ClN3O3. The fraction of sp³-hybridized carbons (Fsp3) is 0.391. The zero-order chi connectivity index (χ0) is 20.9. The molecule has 0 atom stereocenters. The molecule has 2 N–H and O–H groups in total. The van der Waals surface area contributed by atoms with Crippen LogP contribution in [0.3, 0.4) is 0 Å². The molecule has 2 aliphatic rings. The fourth-order valence-electron chi connectivity index (χ4n) is 3.66. The predicted octanol–water partition coefficient (Wildman–Crippen LogP) is 3.85. The second kappa shape index (κ2) is 9.49. The van der Waals surface area contributed by atoms with E-state index in [0.717, 1.165) is 36.2 Å². The molecule has 158 valence electrons. The van der Waals surface area contributed by atoms with E-state index in [1.54, 1.807) is 12.1 Å². The van der Waals surface area contributed by atoms with E-state index in [2.05, 4.69) is 15.5 Å². The summed E-state index contributed by atoms with van der Waals surface area (Å²) in [5.74, 6) is 0.0246. The van der Waals surface area contributed by atoms with E-state index >= 15 is 0 Å². The summed E-state index contributed by atoms with van der Waals surface area (Å²) in [5, 5.41) is 6.66. The van der Waals surface area contributed by atoms with Crippen LogP contribution in [-0.2, 0) is 16.1 Å². The molecule has 0 bridgehead atoms. The molecule has 0 spiro atoms. The summed E-state index contributed by atoms with van der Waals surface area (Å²) in [7, 11) is 0. The van der Waals surface area contributed by atoms with Gasteiger partial charge in [-0.05, 0) is 48.7 Å². The highest BCUT2D eigenvalue weighted by atomic mass is 35.5. The number of benzene rings is 2. The van der Waals surface area contributed by atoms with Crippen LogP contribution in [-0.4, -0.2) is 38.1 Å². The Balaban J connectivity index is 1.51. The molecule has 2 aromatic carbocycles. The number of amides is 2. The van der Waals surface area contributed by atoms with Crippen molar-refractivity contribution in [3.8, 4) is 0 Å². The Labute approximate surface area is 181 Å². The molecule has 0 radical (unpaired) electrons. The van der Waals surface area contributed by atoms with Crippen LogP contribution in [0.2, 0.25) is 5.02 Å². The van der Waals surface area contributed by atoms with Crippen LogP contribution >= 0.6 is 11.6 Å². The lowest BCUT2D eigenvalue weighted by atomic mass is 9.85. The molecule has 1 aliphatic carbocycles. The number of carbonyl (C=O) groups excluding carboxylic acids is 2. The van der Waals surface area contributed by atoms with Crippen molar-refractivity contribution in [2.45, 2.75) is 25.8 Å². The summed E-state index contributed by atoms with van der Waals surface area (Å²) in [6.45, 7) is 3.06. The third-order valence-corrected chi connectivity index (χ3v) is 5.96. The van der Waals surface area contributed by atoms with E-state index in [4.69, 9.17) is 16.3 Å². The minimum atomic E-state index is -0.150. The van der Waals surface area contributed by atoms with Crippen LogP contribution < -0.4 is 15.5 Å². The van der Waals surface area contributed by atoms with Crippen LogP contribution in [0.5, 0.6) is 0 Å². The molecule has 0 aromatic heterocycles. The fourth-order valence-corrected chi connectivity index (χ4v) is 3.79. The van der Waals surface area contributed by atoms with Crippen molar-refractivity contribution in [1.82, 2.24) is 5.32 Å². The highest BCUT2D eigenvalue weighted by molar-refractivity contribution is 6.30. The molecule has 7 heteroatoms. The average Bonchev–Trinajstić information content (AvgIpc) is 2.72. The quantitative estimate of drug-likeness (QED) is 0.734. The van der Waals surface area contributed by atoms with Crippen LogP contribution in [0.15, 0.2) is 42.5 Å². The van der Waals surface area contributed by atoms with Crippen LogP contribution in [0.4, 0.5) is 11.4 Å². The van der Waals surface area contributed by atoms with Gasteiger partial charge in [-0.25, -0.2) is 0 Å². The van der Waals surface area contributed by atoms with Crippen molar-refractivity contribution in [3.05, 3.63) is 58.6 Å². The number of hydrogen-bond donors (Lipinski definition) is 2. The van der Waals surface area contributed by atoms with Crippen LogP contribution in [0.1, 0.15) is 35.2 Å². The van der Waals surface area contributed by atoms with Crippen molar-refractivity contribution < 1.29 is 14.3 Å². The molecule has 1 saturated carbocycles. The summed E-state index contributed by atoms with van der Waals surface area (Å²) in [4.78, 5) is 27.5. The lowest BCUT2D eigenvalue weighted by Gasteiger charge is -2.31. The molecule has 1 aliphatic heterocycles. The van der Waals surface area contributed by atoms with Gasteiger partial charge in [0.1, 0.15) is 0 Å². The van der Waals surface area contributed by atoms with E-state index in [1.165, 1.54) is 0 Å². The molecule has 0 unspecified atom stereocenters. The Morgan fingerprint density at radius 3 is 2.47 bits per heavy atom. The van der Waals surface area contributed by atoms with Crippen molar-refractivity contribution in [3.63, 3.8) is 0 Å².